The van der Waals surface area contributed by atoms with E-state index < -0.39 is 0 Å². The Labute approximate surface area is 108 Å². The Morgan fingerprint density at radius 2 is 1.78 bits per heavy atom. The first-order valence-corrected chi connectivity index (χ1v) is 7.09. The van der Waals surface area contributed by atoms with Gasteiger partial charge in [0.25, 0.3) is 0 Å². The minimum atomic E-state index is -0.168. The fourth-order valence-electron chi connectivity index (χ4n) is 3.89. The molecular weight excluding hydrogens is 230 g/mol. The van der Waals surface area contributed by atoms with E-state index in [-0.39, 0.29) is 17.8 Å². The number of rotatable bonds is 2. The normalized spacial score (nSPS) is 38.2. The van der Waals surface area contributed by atoms with Crippen molar-refractivity contribution >= 4 is 11.9 Å². The summed E-state index contributed by atoms with van der Waals surface area (Å²) < 4.78 is 4.76. The Kier molecular flexibility index (Phi) is 3.04. The highest BCUT2D eigenvalue weighted by atomic mass is 16.5. The zero-order valence-corrected chi connectivity index (χ0v) is 10.9. The smallest absolute Gasteiger partial charge is 0.310 e. The molecule has 4 nitrogen and oxygen atoms in total. The summed E-state index contributed by atoms with van der Waals surface area (Å²) in [6, 6.07) is 0. The van der Waals surface area contributed by atoms with Gasteiger partial charge in [0.1, 0.15) is 0 Å². The van der Waals surface area contributed by atoms with Gasteiger partial charge in [0.05, 0.1) is 13.0 Å². The molecule has 3 aliphatic rings. The second kappa shape index (κ2) is 4.56. The highest BCUT2D eigenvalue weighted by Crippen LogP contribution is 2.56. The quantitative estimate of drug-likeness (QED) is 0.698. The molecular formula is C14H21NO3. The van der Waals surface area contributed by atoms with Crippen molar-refractivity contribution in [3.05, 3.63) is 0 Å². The highest BCUT2D eigenvalue weighted by Gasteiger charge is 2.56. The van der Waals surface area contributed by atoms with Crippen LogP contribution in [0, 0.1) is 23.7 Å². The van der Waals surface area contributed by atoms with Crippen LogP contribution in [-0.2, 0) is 14.3 Å². The van der Waals surface area contributed by atoms with E-state index in [0.29, 0.717) is 24.3 Å². The number of hydrogen-bond donors (Lipinski definition) is 0. The van der Waals surface area contributed by atoms with Crippen molar-refractivity contribution in [3.63, 3.8) is 0 Å². The molecule has 2 saturated carbocycles. The number of fused-ring (bicyclic) bond motifs is 1. The molecule has 3 unspecified atom stereocenters. The first kappa shape index (κ1) is 12.0. The molecule has 1 saturated heterocycles. The van der Waals surface area contributed by atoms with Crippen LogP contribution >= 0.6 is 0 Å². The van der Waals surface area contributed by atoms with Crippen LogP contribution < -0.4 is 0 Å². The molecule has 100 valence electrons. The van der Waals surface area contributed by atoms with E-state index in [0.717, 1.165) is 13.0 Å². The van der Waals surface area contributed by atoms with Crippen molar-refractivity contribution < 1.29 is 14.3 Å². The lowest BCUT2D eigenvalue weighted by Gasteiger charge is -2.16. The molecule has 0 aromatic heterocycles. The fourth-order valence-corrected chi connectivity index (χ4v) is 3.89. The monoisotopic (exact) mass is 251 g/mol. The third-order valence-electron chi connectivity index (χ3n) is 4.98. The van der Waals surface area contributed by atoms with Gasteiger partial charge < -0.3 is 9.64 Å². The molecule has 0 N–H and O–H groups in total. The number of esters is 1. The molecule has 3 atom stereocenters. The molecule has 1 aliphatic heterocycles. The zero-order chi connectivity index (χ0) is 12.7. The maximum Gasteiger partial charge on any atom is 0.310 e. The number of nitrogens with zero attached hydrogens (tertiary/aromatic N) is 1. The number of likely N-dealkylation sites (tertiary alicyclic amines) is 1. The second-order valence-electron chi connectivity index (χ2n) is 5.93. The van der Waals surface area contributed by atoms with E-state index >= 15 is 0 Å². The summed E-state index contributed by atoms with van der Waals surface area (Å²) in [5.41, 5.74) is 0. The SMILES string of the molecule is COC(=O)C1CCN(C(=O)C2C3CCCCC32)C1. The summed E-state index contributed by atoms with van der Waals surface area (Å²) in [6.45, 7) is 1.30. The van der Waals surface area contributed by atoms with Crippen molar-refractivity contribution in [1.82, 2.24) is 4.90 Å². The van der Waals surface area contributed by atoms with Gasteiger partial charge in [0.2, 0.25) is 5.91 Å². The van der Waals surface area contributed by atoms with Crippen molar-refractivity contribution in [1.29, 1.82) is 0 Å². The predicted molar refractivity (Wildman–Crippen MR) is 65.6 cm³/mol. The van der Waals surface area contributed by atoms with Crippen molar-refractivity contribution in [2.24, 2.45) is 23.7 Å². The Hall–Kier alpha value is -1.06. The van der Waals surface area contributed by atoms with Crippen LogP contribution in [0.5, 0.6) is 0 Å². The molecule has 0 bridgehead atoms. The minimum Gasteiger partial charge on any atom is -0.469 e. The lowest BCUT2D eigenvalue weighted by molar-refractivity contribution is -0.145. The van der Waals surface area contributed by atoms with E-state index in [1.54, 1.807) is 0 Å². The van der Waals surface area contributed by atoms with Gasteiger partial charge >= 0.3 is 5.97 Å². The Morgan fingerprint density at radius 3 is 2.39 bits per heavy atom. The molecule has 2 aliphatic carbocycles. The summed E-state index contributed by atoms with van der Waals surface area (Å²) >= 11 is 0. The summed E-state index contributed by atoms with van der Waals surface area (Å²) in [6.07, 6.45) is 5.80. The summed E-state index contributed by atoms with van der Waals surface area (Å²) in [5, 5.41) is 0. The molecule has 0 spiro atoms. The number of hydrogen-bond acceptors (Lipinski definition) is 3. The molecule has 0 radical (unpaired) electrons. The molecule has 4 heteroatoms. The number of amides is 1. The number of carbonyl (C=O) groups excluding carboxylic acids is 2. The zero-order valence-electron chi connectivity index (χ0n) is 10.9. The van der Waals surface area contributed by atoms with E-state index in [1.807, 2.05) is 4.90 Å². The fraction of sp³-hybridized carbons (Fsp3) is 0.857. The Morgan fingerprint density at radius 1 is 1.11 bits per heavy atom. The van der Waals surface area contributed by atoms with Crippen molar-refractivity contribution in [2.75, 3.05) is 20.2 Å². The summed E-state index contributed by atoms with van der Waals surface area (Å²) in [4.78, 5) is 25.8. The highest BCUT2D eigenvalue weighted by molar-refractivity contribution is 5.84. The van der Waals surface area contributed by atoms with Gasteiger partial charge in [0, 0.05) is 19.0 Å². The Bertz CT molecular complexity index is 356. The van der Waals surface area contributed by atoms with Gasteiger partial charge in [0.15, 0.2) is 0 Å². The van der Waals surface area contributed by atoms with Gasteiger partial charge in [-0.05, 0) is 31.1 Å². The van der Waals surface area contributed by atoms with E-state index in [1.165, 1.54) is 32.8 Å². The largest absolute Gasteiger partial charge is 0.469 e. The van der Waals surface area contributed by atoms with E-state index in [4.69, 9.17) is 4.74 Å². The molecule has 3 fully saturated rings. The van der Waals surface area contributed by atoms with Crippen LogP contribution in [0.3, 0.4) is 0 Å². The predicted octanol–water partition coefficient (Wildman–Crippen LogP) is 1.44. The Balaban J connectivity index is 1.57. The summed E-state index contributed by atoms with van der Waals surface area (Å²) in [5.74, 6) is 1.63. The average Bonchev–Trinajstić information content (AvgIpc) is 2.92. The standard InChI is InChI=1S/C14H21NO3/c1-18-14(17)9-6-7-15(8-9)13(16)12-10-4-2-3-5-11(10)12/h9-12H,2-8H2,1H3. The maximum atomic E-state index is 12.4. The van der Waals surface area contributed by atoms with Gasteiger partial charge in [-0.25, -0.2) is 0 Å². The van der Waals surface area contributed by atoms with Crippen LogP contribution in [0.25, 0.3) is 0 Å². The van der Waals surface area contributed by atoms with Crippen molar-refractivity contribution in [2.45, 2.75) is 32.1 Å². The molecule has 0 aromatic carbocycles. The first-order valence-electron chi connectivity index (χ1n) is 7.09. The second-order valence-corrected chi connectivity index (χ2v) is 5.93. The molecule has 18 heavy (non-hydrogen) atoms. The molecule has 3 rings (SSSR count). The number of methoxy groups -OCH3 is 1. The number of ether oxygens (including phenoxy) is 1. The van der Waals surface area contributed by atoms with Gasteiger partial charge in [-0.3, -0.25) is 9.59 Å². The third-order valence-corrected chi connectivity index (χ3v) is 4.98. The first-order chi connectivity index (χ1) is 8.72. The van der Waals surface area contributed by atoms with Gasteiger partial charge in [-0.2, -0.15) is 0 Å². The lowest BCUT2D eigenvalue weighted by atomic mass is 10.0. The maximum absolute atomic E-state index is 12.4. The number of carbonyl (C=O) groups is 2. The summed E-state index contributed by atoms with van der Waals surface area (Å²) in [7, 11) is 1.42. The van der Waals surface area contributed by atoms with Crippen LogP contribution in [0.2, 0.25) is 0 Å². The lowest BCUT2D eigenvalue weighted by Crippen LogP contribution is -2.32. The van der Waals surface area contributed by atoms with Crippen molar-refractivity contribution in [3.8, 4) is 0 Å². The third kappa shape index (κ3) is 1.91. The van der Waals surface area contributed by atoms with Crippen LogP contribution in [-0.4, -0.2) is 37.0 Å². The molecule has 1 amide bonds. The van der Waals surface area contributed by atoms with Crippen LogP contribution in [0.1, 0.15) is 32.1 Å². The molecule has 1 heterocycles. The van der Waals surface area contributed by atoms with Gasteiger partial charge in [-0.1, -0.05) is 12.8 Å². The molecule has 0 aromatic rings. The van der Waals surface area contributed by atoms with E-state index in [9.17, 15) is 9.59 Å². The average molecular weight is 251 g/mol. The topological polar surface area (TPSA) is 46.6 Å². The minimum absolute atomic E-state index is 0.0975. The van der Waals surface area contributed by atoms with E-state index in [2.05, 4.69) is 0 Å². The van der Waals surface area contributed by atoms with Gasteiger partial charge in [-0.15, -0.1) is 0 Å². The van der Waals surface area contributed by atoms with Crippen LogP contribution in [0.4, 0.5) is 0 Å². The van der Waals surface area contributed by atoms with Crippen LogP contribution in [0.15, 0.2) is 0 Å².